The molecule has 34 heavy (non-hydrogen) atoms. The van der Waals surface area contributed by atoms with Crippen molar-refractivity contribution in [1.29, 1.82) is 0 Å². The minimum absolute atomic E-state index is 0. The Bertz CT molecular complexity index is 1290. The Kier molecular flexibility index (Phi) is 7.47. The van der Waals surface area contributed by atoms with Crippen LogP contribution in [0, 0.1) is 5.92 Å². The summed E-state index contributed by atoms with van der Waals surface area (Å²) in [5.41, 5.74) is 1.80. The summed E-state index contributed by atoms with van der Waals surface area (Å²) >= 11 is 0. The fraction of sp³-hybridized carbons (Fsp3) is 0.522. The van der Waals surface area contributed by atoms with Crippen LogP contribution in [0.5, 0.6) is 5.75 Å². The molecular weight excluding hydrogens is 456 g/mol. The number of benzene rings is 1. The van der Waals surface area contributed by atoms with Crippen LogP contribution in [0.4, 0.5) is 0 Å². The summed E-state index contributed by atoms with van der Waals surface area (Å²) in [6.07, 6.45) is 3.78. The Morgan fingerprint density at radius 3 is 2.79 bits per heavy atom. The van der Waals surface area contributed by atoms with Gasteiger partial charge in [0.15, 0.2) is 11.5 Å². The van der Waals surface area contributed by atoms with Gasteiger partial charge in [0.2, 0.25) is 0 Å². The van der Waals surface area contributed by atoms with Crippen molar-refractivity contribution in [3.63, 3.8) is 0 Å². The molecule has 4 aromatic rings. The van der Waals surface area contributed by atoms with Crippen LogP contribution in [-0.2, 0) is 6.42 Å². The number of imidazole rings is 1. The van der Waals surface area contributed by atoms with Crippen LogP contribution < -0.4 is 10.4 Å². The lowest BCUT2D eigenvalue weighted by molar-refractivity contribution is 0.161. The highest BCUT2D eigenvalue weighted by Gasteiger charge is 2.24. The maximum Gasteiger partial charge on any atom is 0.325 e. The van der Waals surface area contributed by atoms with Crippen LogP contribution in [0.15, 0.2) is 29.1 Å². The number of hydrogen-bond acceptors (Lipinski definition) is 7. The largest absolute Gasteiger partial charge is 0.494 e. The van der Waals surface area contributed by atoms with Gasteiger partial charge in [-0.05, 0) is 59.9 Å². The molecule has 1 aromatic carbocycles. The second kappa shape index (κ2) is 10.5. The monoisotopic (exact) mass is 486 g/mol. The van der Waals surface area contributed by atoms with Gasteiger partial charge in [-0.1, -0.05) is 13.8 Å². The molecule has 0 amide bonds. The number of rotatable bonds is 8. The summed E-state index contributed by atoms with van der Waals surface area (Å²) < 4.78 is 8.00. The van der Waals surface area contributed by atoms with E-state index >= 15 is 0 Å². The zero-order valence-electron chi connectivity index (χ0n) is 19.5. The molecule has 11 heteroatoms. The topological polar surface area (TPSA) is 118 Å². The van der Waals surface area contributed by atoms with E-state index in [9.17, 15) is 4.79 Å². The van der Waals surface area contributed by atoms with Gasteiger partial charge in [0.25, 0.3) is 0 Å². The van der Waals surface area contributed by atoms with Crippen LogP contribution in [0.1, 0.15) is 45.0 Å². The predicted octanol–water partition coefficient (Wildman–Crippen LogP) is 3.12. The maximum atomic E-state index is 11.5. The quantitative estimate of drug-likeness (QED) is 0.367. The molecular formula is C23H31ClN8O2. The highest BCUT2D eigenvalue weighted by Crippen LogP contribution is 2.24. The normalized spacial score (nSPS) is 15.3. The molecule has 3 aromatic heterocycles. The van der Waals surface area contributed by atoms with Gasteiger partial charge in [-0.15, -0.1) is 17.5 Å². The number of aryl methyl sites for hydroxylation is 1. The van der Waals surface area contributed by atoms with Crippen molar-refractivity contribution in [2.45, 2.75) is 45.6 Å². The average molecular weight is 487 g/mol. The number of nitrogens with one attached hydrogen (secondary N) is 2. The third-order valence-corrected chi connectivity index (χ3v) is 6.17. The van der Waals surface area contributed by atoms with Crippen molar-refractivity contribution >= 4 is 34.5 Å². The summed E-state index contributed by atoms with van der Waals surface area (Å²) in [7, 11) is 0. The number of halogens is 1. The molecule has 2 N–H and O–H groups in total. The summed E-state index contributed by atoms with van der Waals surface area (Å²) in [5, 5.41) is 13.4. The number of aromatic amines is 2. The van der Waals surface area contributed by atoms with Crippen molar-refractivity contribution in [1.82, 2.24) is 40.1 Å². The summed E-state index contributed by atoms with van der Waals surface area (Å²) in [6.45, 7) is 8.47. The number of tetrazole rings is 1. The lowest BCUT2D eigenvalue weighted by Crippen LogP contribution is -2.37. The number of hydrogen-bond donors (Lipinski definition) is 2. The predicted molar refractivity (Wildman–Crippen MR) is 133 cm³/mol. The number of likely N-dealkylation sites (tertiary alicyclic amines) is 1. The van der Waals surface area contributed by atoms with Crippen LogP contribution in [0.25, 0.3) is 22.1 Å². The minimum atomic E-state index is -0.257. The van der Waals surface area contributed by atoms with E-state index in [1.165, 1.54) is 0 Å². The molecule has 1 aliphatic heterocycles. The van der Waals surface area contributed by atoms with E-state index in [1.54, 1.807) is 0 Å². The third kappa shape index (κ3) is 5.39. The average Bonchev–Trinajstić information content (AvgIpc) is 3.40. The van der Waals surface area contributed by atoms with Crippen molar-refractivity contribution < 1.29 is 4.74 Å². The number of H-pyrrole nitrogens is 2. The molecule has 0 atom stereocenters. The Morgan fingerprint density at radius 1 is 1.18 bits per heavy atom. The molecule has 10 nitrogen and oxygen atoms in total. The van der Waals surface area contributed by atoms with Gasteiger partial charge in [0.1, 0.15) is 5.75 Å². The molecule has 0 unspecified atom stereocenters. The number of piperidine rings is 1. The van der Waals surface area contributed by atoms with Crippen LogP contribution >= 0.6 is 12.4 Å². The lowest BCUT2D eigenvalue weighted by atomic mass is 10.0. The van der Waals surface area contributed by atoms with Crippen LogP contribution in [0.2, 0.25) is 0 Å². The van der Waals surface area contributed by atoms with Gasteiger partial charge < -0.3 is 14.6 Å². The molecule has 0 saturated carbocycles. The van der Waals surface area contributed by atoms with Gasteiger partial charge in [-0.25, -0.2) is 14.5 Å². The van der Waals surface area contributed by atoms with Crippen molar-refractivity contribution in [2.75, 3.05) is 26.2 Å². The van der Waals surface area contributed by atoms with E-state index < -0.39 is 0 Å². The summed E-state index contributed by atoms with van der Waals surface area (Å²) in [6, 6.07) is 8.04. The van der Waals surface area contributed by atoms with E-state index in [0.29, 0.717) is 29.7 Å². The molecule has 0 spiro atoms. The number of nitrogens with zero attached hydrogens (tertiary/aromatic N) is 6. The molecule has 1 fully saturated rings. The molecule has 0 radical (unpaired) electrons. The first kappa shape index (κ1) is 24.2. The smallest absolute Gasteiger partial charge is 0.325 e. The van der Waals surface area contributed by atoms with Crippen molar-refractivity contribution in [3.05, 3.63) is 40.6 Å². The fourth-order valence-electron chi connectivity index (χ4n) is 4.64. The molecule has 0 aliphatic carbocycles. The van der Waals surface area contributed by atoms with Crippen molar-refractivity contribution in [2.24, 2.45) is 5.92 Å². The molecule has 0 bridgehead atoms. The first-order valence-corrected chi connectivity index (χ1v) is 11.7. The third-order valence-electron chi connectivity index (χ3n) is 6.17. The number of pyridine rings is 1. The van der Waals surface area contributed by atoms with Gasteiger partial charge in [0, 0.05) is 31.4 Å². The lowest BCUT2D eigenvalue weighted by Gasteiger charge is -2.33. The minimum Gasteiger partial charge on any atom is -0.494 e. The second-order valence-corrected chi connectivity index (χ2v) is 9.24. The number of ether oxygens (including phenoxy) is 1. The van der Waals surface area contributed by atoms with Gasteiger partial charge >= 0.3 is 5.69 Å². The van der Waals surface area contributed by atoms with Gasteiger partial charge in [-0.2, -0.15) is 0 Å². The summed E-state index contributed by atoms with van der Waals surface area (Å²) in [4.78, 5) is 23.9. The number of aromatic nitrogens is 7. The Labute approximate surface area is 203 Å². The highest BCUT2D eigenvalue weighted by molar-refractivity contribution is 5.89. The Hall–Kier alpha value is -2.98. The first-order valence-electron chi connectivity index (χ1n) is 11.7. The number of fused-ring (bicyclic) bond motifs is 2. The van der Waals surface area contributed by atoms with Gasteiger partial charge in [-0.3, -0.25) is 4.98 Å². The SMILES string of the molecule is CC(C)CN1CCC(n2nnnc2CCCOc2ccc3nc4[nH]c(=O)[nH]c4cc3c2)CC1.Cl. The van der Waals surface area contributed by atoms with E-state index in [4.69, 9.17) is 4.74 Å². The van der Waals surface area contributed by atoms with Crippen LogP contribution in [0.3, 0.4) is 0 Å². The van der Waals surface area contributed by atoms with E-state index in [2.05, 4.69) is 49.2 Å². The molecule has 182 valence electrons. The molecule has 4 heterocycles. The van der Waals surface area contributed by atoms with Crippen LogP contribution in [-0.4, -0.2) is 66.3 Å². The second-order valence-electron chi connectivity index (χ2n) is 9.24. The molecule has 5 rings (SSSR count). The Morgan fingerprint density at radius 2 is 2.00 bits per heavy atom. The highest BCUT2D eigenvalue weighted by atomic mass is 35.5. The van der Waals surface area contributed by atoms with Gasteiger partial charge in [0.05, 0.1) is 23.7 Å². The fourth-order valence-corrected chi connectivity index (χ4v) is 4.64. The maximum absolute atomic E-state index is 11.5. The summed E-state index contributed by atoms with van der Waals surface area (Å²) in [5.74, 6) is 2.41. The van der Waals surface area contributed by atoms with E-state index in [0.717, 1.165) is 67.8 Å². The zero-order valence-corrected chi connectivity index (χ0v) is 20.3. The standard InChI is InChI=1S/C23H30N8O2.ClH/c1-15(2)14-30-9-7-17(8-10-30)31-21(27-28-29-31)4-3-11-33-18-5-6-19-16(12-18)13-20-22(24-19)26-23(32)25-20;/h5-6,12-13,15,17H,3-4,7-11,14H2,1-2H3,(H2,24,25,26,32);1H. The van der Waals surface area contributed by atoms with E-state index in [1.807, 2.05) is 28.9 Å². The first-order chi connectivity index (χ1) is 16.0. The Balaban J connectivity index is 0.00000274. The molecule has 1 aliphatic rings. The molecule has 1 saturated heterocycles. The zero-order chi connectivity index (χ0) is 22.8. The van der Waals surface area contributed by atoms with Crippen molar-refractivity contribution in [3.8, 4) is 5.75 Å². The van der Waals surface area contributed by atoms with E-state index in [-0.39, 0.29) is 18.1 Å².